The molecule has 140 valence electrons. The largest absolute Gasteiger partial charge is 0.497 e. The van der Waals surface area contributed by atoms with Crippen LogP contribution in [0.15, 0.2) is 36.5 Å². The van der Waals surface area contributed by atoms with Crippen molar-refractivity contribution in [3.8, 4) is 5.75 Å². The molecule has 2 rings (SSSR count). The number of nitrogens with zero attached hydrogens (tertiary/aromatic N) is 1. The monoisotopic (exact) mass is 361 g/mol. The van der Waals surface area contributed by atoms with Gasteiger partial charge in [-0.2, -0.15) is 0 Å². The van der Waals surface area contributed by atoms with E-state index in [1.165, 1.54) is 12.3 Å². The topological polar surface area (TPSA) is 87.0 Å². The molecule has 1 N–H and O–H groups in total. The summed E-state index contributed by atoms with van der Waals surface area (Å²) in [7, 11) is 1.57. The van der Waals surface area contributed by atoms with E-state index in [4.69, 9.17) is 14.2 Å². The first kappa shape index (κ1) is 19.5. The number of rotatable bonds is 5. The summed E-state index contributed by atoms with van der Waals surface area (Å²) in [6.45, 7) is 4.90. The zero-order valence-corrected chi connectivity index (χ0v) is 15.3. The second-order valence-electron chi connectivity index (χ2n) is 6.67. The van der Waals surface area contributed by atoms with E-state index in [1.807, 2.05) is 0 Å². The van der Waals surface area contributed by atoms with Gasteiger partial charge in [-0.05, 0) is 50.1 Å². The van der Waals surface area contributed by atoms with Crippen molar-refractivity contribution in [2.75, 3.05) is 7.11 Å². The number of esters is 1. The van der Waals surface area contributed by atoms with Gasteiger partial charge in [-0.3, -0.25) is 0 Å². The van der Waals surface area contributed by atoms with Gasteiger partial charge in [0, 0.05) is 6.20 Å². The van der Waals surface area contributed by atoms with E-state index >= 15 is 0 Å². The van der Waals surface area contributed by atoms with Crippen LogP contribution < -0.4 is 4.74 Å². The smallest absolute Gasteiger partial charge is 0.419 e. The third-order valence-corrected chi connectivity index (χ3v) is 3.39. The van der Waals surface area contributed by atoms with Gasteiger partial charge in [0.1, 0.15) is 23.7 Å². The highest BCUT2D eigenvalue weighted by atomic mass is 16.6. The zero-order chi connectivity index (χ0) is 19.3. The van der Waals surface area contributed by atoms with E-state index in [9.17, 15) is 14.7 Å². The predicted octanol–water partition coefficient (Wildman–Crippen LogP) is 3.13. The van der Waals surface area contributed by atoms with Crippen LogP contribution in [0.3, 0.4) is 0 Å². The first-order valence-corrected chi connectivity index (χ1v) is 8.09. The normalized spacial score (nSPS) is 11.1. The quantitative estimate of drug-likeness (QED) is 0.824. The summed E-state index contributed by atoms with van der Waals surface area (Å²) < 4.78 is 16.7. The van der Waals surface area contributed by atoms with Gasteiger partial charge in [-0.25, -0.2) is 14.2 Å². The van der Waals surface area contributed by atoms with Crippen LogP contribution in [-0.2, 0) is 22.7 Å². The fourth-order valence-electron chi connectivity index (χ4n) is 2.17. The zero-order valence-electron chi connectivity index (χ0n) is 15.3. The molecule has 0 atom stereocenters. The maximum atomic E-state index is 12.4. The molecule has 1 aromatic carbocycles. The van der Waals surface area contributed by atoms with Crippen molar-refractivity contribution in [1.82, 2.24) is 4.57 Å². The van der Waals surface area contributed by atoms with Gasteiger partial charge in [0.25, 0.3) is 0 Å². The minimum absolute atomic E-state index is 0.00295. The van der Waals surface area contributed by atoms with Gasteiger partial charge in [0.2, 0.25) is 0 Å². The van der Waals surface area contributed by atoms with Crippen molar-refractivity contribution in [1.29, 1.82) is 0 Å². The number of hydrogen-bond acceptors (Lipinski definition) is 6. The predicted molar refractivity (Wildman–Crippen MR) is 94.1 cm³/mol. The van der Waals surface area contributed by atoms with Crippen molar-refractivity contribution < 1.29 is 28.9 Å². The minimum Gasteiger partial charge on any atom is -0.497 e. The second-order valence-corrected chi connectivity index (χ2v) is 6.67. The van der Waals surface area contributed by atoms with Gasteiger partial charge in [0.15, 0.2) is 0 Å². The lowest BCUT2D eigenvalue weighted by molar-refractivity contribution is 0.0415. The number of benzene rings is 1. The number of hydrogen-bond donors (Lipinski definition) is 1. The molecule has 0 radical (unpaired) electrons. The maximum Gasteiger partial charge on any atom is 0.419 e. The molecule has 0 aliphatic carbocycles. The molecule has 1 heterocycles. The highest BCUT2D eigenvalue weighted by molar-refractivity contribution is 5.92. The van der Waals surface area contributed by atoms with Crippen molar-refractivity contribution in [3.63, 3.8) is 0 Å². The third kappa shape index (κ3) is 5.10. The summed E-state index contributed by atoms with van der Waals surface area (Å²) in [4.78, 5) is 24.7. The fourth-order valence-corrected chi connectivity index (χ4v) is 2.17. The molecule has 0 saturated heterocycles. The summed E-state index contributed by atoms with van der Waals surface area (Å²) in [5, 5.41) is 9.30. The van der Waals surface area contributed by atoms with Crippen LogP contribution in [0.1, 0.15) is 42.4 Å². The van der Waals surface area contributed by atoms with E-state index in [-0.39, 0.29) is 18.9 Å². The number of methoxy groups -OCH3 is 1. The minimum atomic E-state index is -0.717. The van der Waals surface area contributed by atoms with E-state index in [0.717, 1.165) is 10.1 Å². The van der Waals surface area contributed by atoms with Crippen LogP contribution in [0, 0.1) is 0 Å². The van der Waals surface area contributed by atoms with Crippen LogP contribution in [0.2, 0.25) is 0 Å². The number of aromatic nitrogens is 1. The van der Waals surface area contributed by atoms with Crippen molar-refractivity contribution in [2.24, 2.45) is 0 Å². The Labute approximate surface area is 152 Å². The summed E-state index contributed by atoms with van der Waals surface area (Å²) in [6.07, 6.45) is 0.645. The number of carbonyl (C=O) groups is 2. The van der Waals surface area contributed by atoms with E-state index in [1.54, 1.807) is 52.1 Å². The molecule has 0 unspecified atom stereocenters. The van der Waals surface area contributed by atoms with Crippen molar-refractivity contribution in [3.05, 3.63) is 53.3 Å². The Morgan fingerprint density at radius 3 is 2.31 bits per heavy atom. The number of aliphatic hydroxyl groups is 1. The SMILES string of the molecule is COc1ccc(COC(=O)c2cc(CO)cn2C(=O)OC(C)(C)C)cc1. The third-order valence-electron chi connectivity index (χ3n) is 3.39. The first-order chi connectivity index (χ1) is 12.2. The van der Waals surface area contributed by atoms with Crippen LogP contribution in [-0.4, -0.2) is 34.4 Å². The molecule has 7 heteroatoms. The van der Waals surface area contributed by atoms with Crippen molar-refractivity contribution in [2.45, 2.75) is 39.6 Å². The molecule has 0 amide bonds. The first-order valence-electron chi connectivity index (χ1n) is 8.09. The Morgan fingerprint density at radius 2 is 1.77 bits per heavy atom. The van der Waals surface area contributed by atoms with Gasteiger partial charge in [0.05, 0.1) is 13.7 Å². The van der Waals surface area contributed by atoms with Crippen LogP contribution >= 0.6 is 0 Å². The molecule has 1 aromatic heterocycles. The number of aliphatic hydroxyl groups excluding tert-OH is 1. The molecular formula is C19H23NO6. The Bertz CT molecular complexity index is 770. The Morgan fingerprint density at radius 1 is 1.12 bits per heavy atom. The molecule has 26 heavy (non-hydrogen) atoms. The highest BCUT2D eigenvalue weighted by Gasteiger charge is 2.24. The Hall–Kier alpha value is -2.80. The highest BCUT2D eigenvalue weighted by Crippen LogP contribution is 2.17. The second kappa shape index (κ2) is 8.05. The molecule has 7 nitrogen and oxygen atoms in total. The maximum absolute atomic E-state index is 12.4. The van der Waals surface area contributed by atoms with Crippen molar-refractivity contribution >= 4 is 12.1 Å². The molecule has 0 saturated carbocycles. The fraction of sp³-hybridized carbons (Fsp3) is 0.368. The molecule has 0 bridgehead atoms. The molecular weight excluding hydrogens is 338 g/mol. The molecule has 0 fully saturated rings. The van der Waals surface area contributed by atoms with Gasteiger partial charge >= 0.3 is 12.1 Å². The standard InChI is InChI=1S/C19H23NO6/c1-19(2,3)26-18(23)20-10-14(11-21)9-16(20)17(22)25-12-13-5-7-15(24-4)8-6-13/h5-10,21H,11-12H2,1-4H3. The Kier molecular flexibility index (Phi) is 6.05. The molecule has 0 aliphatic rings. The van der Waals surface area contributed by atoms with Crippen LogP contribution in [0.4, 0.5) is 4.79 Å². The van der Waals surface area contributed by atoms with E-state index in [0.29, 0.717) is 11.3 Å². The average molecular weight is 361 g/mol. The number of ether oxygens (including phenoxy) is 3. The molecule has 0 aliphatic heterocycles. The van der Waals surface area contributed by atoms with Gasteiger partial charge < -0.3 is 19.3 Å². The molecule has 0 spiro atoms. The number of carbonyl (C=O) groups excluding carboxylic acids is 2. The summed E-state index contributed by atoms with van der Waals surface area (Å²) >= 11 is 0. The van der Waals surface area contributed by atoms with E-state index < -0.39 is 17.7 Å². The lowest BCUT2D eigenvalue weighted by atomic mass is 10.2. The van der Waals surface area contributed by atoms with E-state index in [2.05, 4.69) is 0 Å². The lowest BCUT2D eigenvalue weighted by Crippen LogP contribution is -2.28. The Balaban J connectivity index is 2.13. The summed E-state index contributed by atoms with van der Waals surface area (Å²) in [5.41, 5.74) is 0.464. The van der Waals surface area contributed by atoms with Gasteiger partial charge in [-0.1, -0.05) is 12.1 Å². The van der Waals surface area contributed by atoms with Gasteiger partial charge in [-0.15, -0.1) is 0 Å². The summed E-state index contributed by atoms with van der Waals surface area (Å²) in [6, 6.07) is 8.48. The van der Waals surface area contributed by atoms with Crippen LogP contribution in [0.25, 0.3) is 0 Å². The average Bonchev–Trinajstić information content (AvgIpc) is 3.03. The molecule has 2 aromatic rings. The lowest BCUT2D eigenvalue weighted by Gasteiger charge is -2.20. The summed E-state index contributed by atoms with van der Waals surface area (Å²) in [5.74, 6) is 0.0119. The van der Waals surface area contributed by atoms with Crippen LogP contribution in [0.5, 0.6) is 5.75 Å².